The van der Waals surface area contributed by atoms with Crippen molar-refractivity contribution >= 4 is 22.8 Å². The number of allylic oxidation sites excluding steroid dienone is 1. The molecule has 4 aromatic rings. The van der Waals surface area contributed by atoms with E-state index in [1.165, 1.54) is 0 Å². The number of rotatable bonds is 7. The van der Waals surface area contributed by atoms with Gasteiger partial charge in [0.05, 0.1) is 0 Å². The molecular weight excluding hydrogens is 392 g/mol. The Bertz CT molecular complexity index is 1140. The van der Waals surface area contributed by atoms with Crippen molar-refractivity contribution < 1.29 is 4.79 Å². The third-order valence-electron chi connectivity index (χ3n) is 5.18. The molecule has 0 aliphatic rings. The molecule has 0 saturated carbocycles. The van der Waals surface area contributed by atoms with E-state index in [0.717, 1.165) is 28.2 Å². The van der Waals surface area contributed by atoms with E-state index in [2.05, 4.69) is 77.7 Å². The molecular formula is C29H26N2O. The van der Waals surface area contributed by atoms with E-state index in [-0.39, 0.29) is 5.78 Å². The lowest BCUT2D eigenvalue weighted by molar-refractivity contribution is 0.104. The topological polar surface area (TPSA) is 23.6 Å². The second kappa shape index (κ2) is 9.80. The number of para-hydroxylation sites is 2. The number of carbonyl (C=O) groups is 1. The summed E-state index contributed by atoms with van der Waals surface area (Å²) in [7, 11) is 3.79. The Hall–Kier alpha value is -4.11. The van der Waals surface area contributed by atoms with Gasteiger partial charge in [-0.3, -0.25) is 4.79 Å². The van der Waals surface area contributed by atoms with Crippen LogP contribution in [0.2, 0.25) is 0 Å². The normalized spacial score (nSPS) is 10.8. The monoisotopic (exact) mass is 418 g/mol. The molecule has 0 heterocycles. The van der Waals surface area contributed by atoms with Crippen LogP contribution in [0.3, 0.4) is 0 Å². The summed E-state index contributed by atoms with van der Waals surface area (Å²) < 4.78 is 0. The second-order valence-electron chi connectivity index (χ2n) is 7.77. The van der Waals surface area contributed by atoms with Gasteiger partial charge in [0.25, 0.3) is 0 Å². The molecule has 0 fully saturated rings. The highest BCUT2D eigenvalue weighted by molar-refractivity contribution is 6.04. The van der Waals surface area contributed by atoms with Gasteiger partial charge in [0.2, 0.25) is 0 Å². The maximum absolute atomic E-state index is 12.3. The molecule has 0 bridgehead atoms. The molecule has 0 aromatic heterocycles. The van der Waals surface area contributed by atoms with Gasteiger partial charge in [-0.2, -0.15) is 0 Å². The Morgan fingerprint density at radius 3 is 1.50 bits per heavy atom. The van der Waals surface area contributed by atoms with Crippen LogP contribution in [0.5, 0.6) is 0 Å². The fourth-order valence-electron chi connectivity index (χ4n) is 3.54. The lowest BCUT2D eigenvalue weighted by Gasteiger charge is -2.25. The molecule has 0 aliphatic carbocycles. The van der Waals surface area contributed by atoms with Crippen LogP contribution in [0.15, 0.2) is 121 Å². The van der Waals surface area contributed by atoms with Gasteiger partial charge in [0.1, 0.15) is 0 Å². The Balaban J connectivity index is 1.60. The number of hydrogen-bond acceptors (Lipinski definition) is 3. The Morgan fingerprint density at radius 2 is 1.03 bits per heavy atom. The minimum atomic E-state index is 0.00182. The van der Waals surface area contributed by atoms with Gasteiger partial charge in [0, 0.05) is 49.0 Å². The summed E-state index contributed by atoms with van der Waals surface area (Å²) in [6, 6.07) is 37.0. The summed E-state index contributed by atoms with van der Waals surface area (Å²) in [6.07, 6.45) is 3.35. The molecule has 0 aliphatic heterocycles. The fourth-order valence-corrected chi connectivity index (χ4v) is 3.54. The summed E-state index contributed by atoms with van der Waals surface area (Å²) in [4.78, 5) is 16.4. The van der Waals surface area contributed by atoms with Gasteiger partial charge >= 0.3 is 0 Å². The number of benzene rings is 4. The highest BCUT2D eigenvalue weighted by Crippen LogP contribution is 2.35. The van der Waals surface area contributed by atoms with E-state index in [4.69, 9.17) is 0 Å². The number of ketones is 1. The number of hydrogen-bond donors (Lipinski definition) is 0. The molecule has 32 heavy (non-hydrogen) atoms. The highest BCUT2D eigenvalue weighted by Gasteiger charge is 2.12. The molecule has 0 N–H and O–H groups in total. The Morgan fingerprint density at radius 1 is 0.594 bits per heavy atom. The zero-order valence-electron chi connectivity index (χ0n) is 18.3. The van der Waals surface area contributed by atoms with Gasteiger partial charge in [-0.1, -0.05) is 72.8 Å². The largest absolute Gasteiger partial charge is 0.383 e. The van der Waals surface area contributed by atoms with Crippen LogP contribution in [-0.2, 0) is 0 Å². The van der Waals surface area contributed by atoms with Crippen LogP contribution in [0.1, 0.15) is 10.4 Å². The quantitative estimate of drug-likeness (QED) is 0.237. The van der Waals surface area contributed by atoms with Crippen LogP contribution >= 0.6 is 0 Å². The van der Waals surface area contributed by atoms with Crippen LogP contribution in [0.25, 0.3) is 11.1 Å². The second-order valence-corrected chi connectivity index (χ2v) is 7.77. The molecule has 158 valence electrons. The maximum atomic E-state index is 12.3. The highest BCUT2D eigenvalue weighted by atomic mass is 16.1. The third kappa shape index (κ3) is 4.96. The molecule has 4 rings (SSSR count). The third-order valence-corrected chi connectivity index (χ3v) is 5.18. The first kappa shape index (κ1) is 21.1. The minimum Gasteiger partial charge on any atom is -0.383 e. The number of anilines is 3. The summed E-state index contributed by atoms with van der Waals surface area (Å²) in [6.45, 7) is 0. The van der Waals surface area contributed by atoms with Gasteiger partial charge in [-0.15, -0.1) is 0 Å². The van der Waals surface area contributed by atoms with Gasteiger partial charge in [-0.05, 0) is 47.5 Å². The summed E-state index contributed by atoms with van der Waals surface area (Å²) in [5.41, 5.74) is 6.18. The Labute approximate surface area is 189 Å². The first-order chi connectivity index (χ1) is 15.6. The zero-order valence-corrected chi connectivity index (χ0v) is 18.3. The lowest BCUT2D eigenvalue weighted by Crippen LogP contribution is -2.09. The lowest BCUT2D eigenvalue weighted by atomic mass is 10.0. The predicted molar refractivity (Wildman–Crippen MR) is 134 cm³/mol. The van der Waals surface area contributed by atoms with Gasteiger partial charge in [-0.25, -0.2) is 0 Å². The molecule has 0 spiro atoms. The van der Waals surface area contributed by atoms with Crippen molar-refractivity contribution in [2.75, 3.05) is 19.0 Å². The van der Waals surface area contributed by atoms with Crippen molar-refractivity contribution in [3.63, 3.8) is 0 Å². The molecule has 0 atom stereocenters. The fraction of sp³-hybridized carbons (Fsp3) is 0.0690. The number of nitrogens with zero attached hydrogens (tertiary/aromatic N) is 2. The first-order valence-electron chi connectivity index (χ1n) is 10.6. The van der Waals surface area contributed by atoms with Crippen molar-refractivity contribution in [1.82, 2.24) is 4.90 Å². The van der Waals surface area contributed by atoms with E-state index in [1.54, 1.807) is 12.3 Å². The van der Waals surface area contributed by atoms with Crippen molar-refractivity contribution in [3.8, 4) is 11.1 Å². The van der Waals surface area contributed by atoms with Crippen molar-refractivity contribution in [3.05, 3.63) is 127 Å². The first-order valence-corrected chi connectivity index (χ1v) is 10.6. The zero-order chi connectivity index (χ0) is 22.3. The molecule has 0 radical (unpaired) electrons. The molecule has 0 amide bonds. The molecule has 0 saturated heterocycles. The van der Waals surface area contributed by atoms with Crippen molar-refractivity contribution in [2.45, 2.75) is 0 Å². The average Bonchev–Trinajstić information content (AvgIpc) is 2.85. The minimum absolute atomic E-state index is 0.00182. The summed E-state index contributed by atoms with van der Waals surface area (Å²) in [5.74, 6) is 0.00182. The van der Waals surface area contributed by atoms with E-state index >= 15 is 0 Å². The van der Waals surface area contributed by atoms with E-state index < -0.39 is 0 Å². The number of carbonyl (C=O) groups excluding carboxylic acids is 1. The standard InChI is InChI=1S/C29H26N2O/c1-30(2)22-21-29(32)25-15-13-23(14-16-25)24-17-19-28(20-18-24)31(26-9-5-3-6-10-26)27-11-7-4-8-12-27/h3-22H,1-2H3/b22-21+. The van der Waals surface area contributed by atoms with Crippen LogP contribution in [-0.4, -0.2) is 24.8 Å². The van der Waals surface area contributed by atoms with Crippen molar-refractivity contribution in [1.29, 1.82) is 0 Å². The van der Waals surface area contributed by atoms with Crippen LogP contribution in [0, 0.1) is 0 Å². The predicted octanol–water partition coefficient (Wildman–Crippen LogP) is 7.08. The van der Waals surface area contributed by atoms with Crippen molar-refractivity contribution in [2.24, 2.45) is 0 Å². The summed E-state index contributed by atoms with van der Waals surface area (Å²) >= 11 is 0. The average molecular weight is 419 g/mol. The van der Waals surface area contributed by atoms with Crippen LogP contribution in [0.4, 0.5) is 17.1 Å². The molecule has 4 aromatic carbocycles. The Kier molecular flexibility index (Phi) is 6.47. The van der Waals surface area contributed by atoms with E-state index in [0.29, 0.717) is 5.56 Å². The van der Waals surface area contributed by atoms with Crippen LogP contribution < -0.4 is 4.90 Å². The van der Waals surface area contributed by atoms with E-state index in [9.17, 15) is 4.79 Å². The van der Waals surface area contributed by atoms with Gasteiger partial charge in [0.15, 0.2) is 5.78 Å². The molecule has 0 unspecified atom stereocenters. The maximum Gasteiger partial charge on any atom is 0.187 e. The smallest absolute Gasteiger partial charge is 0.187 e. The van der Waals surface area contributed by atoms with E-state index in [1.807, 2.05) is 55.4 Å². The molecule has 3 nitrogen and oxygen atoms in total. The van der Waals surface area contributed by atoms with Gasteiger partial charge < -0.3 is 9.80 Å². The summed E-state index contributed by atoms with van der Waals surface area (Å²) in [5, 5.41) is 0. The molecule has 3 heteroatoms. The SMILES string of the molecule is CN(C)/C=C/C(=O)c1ccc(-c2ccc(N(c3ccccc3)c3ccccc3)cc2)cc1.